The van der Waals surface area contributed by atoms with Crippen molar-refractivity contribution >= 4 is 44.6 Å². The Balaban J connectivity index is 0.00000306. The molecule has 0 radical (unpaired) electrons. The summed E-state index contributed by atoms with van der Waals surface area (Å²) in [6.45, 7) is 27.2. The van der Waals surface area contributed by atoms with Crippen LogP contribution in [0.15, 0.2) is 140 Å². The van der Waals surface area contributed by atoms with E-state index in [1.165, 1.54) is 22.3 Å². The van der Waals surface area contributed by atoms with Crippen LogP contribution in [0.4, 0.5) is 22.7 Å². The Labute approximate surface area is 409 Å². The van der Waals surface area contributed by atoms with Crippen molar-refractivity contribution in [3.63, 3.8) is 0 Å². The normalized spacial score (nSPS) is 13.2. The summed E-state index contributed by atoms with van der Waals surface area (Å²) in [5.41, 5.74) is 12.0. The molecule has 5 nitrogen and oxygen atoms in total. The van der Waals surface area contributed by atoms with E-state index in [0.29, 0.717) is 11.5 Å². The van der Waals surface area contributed by atoms with Gasteiger partial charge in [0.2, 0.25) is 0 Å². The molecule has 64 heavy (non-hydrogen) atoms. The number of anilines is 4. The zero-order chi connectivity index (χ0) is 43.8. The van der Waals surface area contributed by atoms with Gasteiger partial charge in [0.25, 0.3) is 0 Å². The molecule has 0 bridgehead atoms. The number of para-hydroxylation sites is 3. The van der Waals surface area contributed by atoms with Crippen LogP contribution in [0, 0.1) is 18.8 Å². The van der Waals surface area contributed by atoms with Gasteiger partial charge in [-0.15, -0.1) is 53.6 Å². The average Bonchev–Trinajstić information content (AvgIpc) is 3.79. The van der Waals surface area contributed by atoms with Crippen molar-refractivity contribution < 1.29 is 46.9 Å². The van der Waals surface area contributed by atoms with E-state index in [0.717, 1.165) is 55.9 Å². The predicted octanol–water partition coefficient (Wildman–Crippen LogP) is 15.2. The number of ether oxygens (including phenoxy) is 1. The van der Waals surface area contributed by atoms with E-state index in [1.54, 1.807) is 0 Å². The van der Waals surface area contributed by atoms with Gasteiger partial charge < -0.3 is 19.1 Å². The molecule has 8 aromatic rings. The maximum Gasteiger partial charge on any atom is 0.135 e. The molecule has 6 aromatic carbocycles. The van der Waals surface area contributed by atoms with E-state index >= 15 is 0 Å². The molecule has 0 atom stereocenters. The Kier molecular flexibility index (Phi) is 12.8. The Bertz CT molecular complexity index is 2930. The SMILES string of the molecule is CC(C)(C)c1cc(Oc2[c-]c3c(cc2)c2ccccc2n3-c2cc(C(C)(C)c3ccccc3)ccn2)[c-]c(N2[CH-]N(c3cc(C(C)(C)C)cc(C(C)(C)C)c3)c3ccccc32)c1.[Pt].[Pt]. The van der Waals surface area contributed by atoms with Crippen LogP contribution < -0.4 is 14.5 Å². The fourth-order valence-corrected chi connectivity index (χ4v) is 8.51. The zero-order valence-electron chi connectivity index (χ0n) is 38.7. The number of fused-ring (bicyclic) bond motifs is 4. The van der Waals surface area contributed by atoms with Gasteiger partial charge in [-0.25, -0.2) is 4.98 Å². The summed E-state index contributed by atoms with van der Waals surface area (Å²) < 4.78 is 9.07. The maximum atomic E-state index is 6.85. The van der Waals surface area contributed by atoms with Crippen LogP contribution in [0.5, 0.6) is 11.5 Å². The first kappa shape index (κ1) is 47.0. The van der Waals surface area contributed by atoms with Gasteiger partial charge in [-0.1, -0.05) is 148 Å². The molecule has 0 saturated heterocycles. The Morgan fingerprint density at radius 2 is 1.09 bits per heavy atom. The summed E-state index contributed by atoms with van der Waals surface area (Å²) >= 11 is 0. The first-order valence-corrected chi connectivity index (χ1v) is 21.8. The molecule has 0 fully saturated rings. The number of aromatic nitrogens is 2. The maximum absolute atomic E-state index is 6.85. The Morgan fingerprint density at radius 3 is 1.75 bits per heavy atom. The average molecular weight is 1200 g/mol. The summed E-state index contributed by atoms with van der Waals surface area (Å²) in [5.74, 6) is 2.08. The fourth-order valence-electron chi connectivity index (χ4n) is 8.51. The molecule has 0 spiro atoms. The second-order valence-electron chi connectivity index (χ2n) is 20.4. The Morgan fingerprint density at radius 1 is 0.500 bits per heavy atom. The third-order valence-electron chi connectivity index (χ3n) is 12.5. The number of hydrogen-bond acceptors (Lipinski definition) is 4. The number of hydrogen-bond donors (Lipinski definition) is 0. The monoisotopic (exact) mass is 1200 g/mol. The van der Waals surface area contributed by atoms with Crippen molar-refractivity contribution in [2.75, 3.05) is 9.80 Å². The largest absolute Gasteiger partial charge is 0.509 e. The molecule has 0 amide bonds. The smallest absolute Gasteiger partial charge is 0.135 e. The van der Waals surface area contributed by atoms with E-state index in [9.17, 15) is 0 Å². The summed E-state index contributed by atoms with van der Waals surface area (Å²) in [6, 6.07) is 55.1. The second-order valence-corrected chi connectivity index (χ2v) is 20.4. The molecule has 3 heterocycles. The van der Waals surface area contributed by atoms with Crippen LogP contribution in [-0.4, -0.2) is 9.55 Å². The van der Waals surface area contributed by atoms with Crippen molar-refractivity contribution in [3.8, 4) is 17.3 Å². The van der Waals surface area contributed by atoms with Gasteiger partial charge in [0.1, 0.15) is 5.82 Å². The van der Waals surface area contributed by atoms with Crippen molar-refractivity contribution in [1.29, 1.82) is 0 Å². The van der Waals surface area contributed by atoms with E-state index in [4.69, 9.17) is 9.72 Å². The third-order valence-corrected chi connectivity index (χ3v) is 12.5. The summed E-state index contributed by atoms with van der Waals surface area (Å²) in [4.78, 5) is 9.53. The van der Waals surface area contributed by atoms with Crippen molar-refractivity contribution in [3.05, 3.63) is 186 Å². The third kappa shape index (κ3) is 8.88. The van der Waals surface area contributed by atoms with Gasteiger partial charge in [-0.3, -0.25) is 0 Å². The molecule has 2 aromatic heterocycles. The predicted molar refractivity (Wildman–Crippen MR) is 259 cm³/mol. The fraction of sp³-hybridized carbons (Fsp3) is 0.263. The molecule has 9 rings (SSSR count). The van der Waals surface area contributed by atoms with Gasteiger partial charge in [-0.05, 0) is 86.3 Å². The molecular weight excluding hydrogens is 1150 g/mol. The number of rotatable bonds is 7. The standard InChI is InChI=1S/C57H57N4O.2Pt/c1-54(2,3)40-29-41(55(4,5)6)31-43(30-40)59-37-60(51-24-18-17-23-50(51)59)44-32-42(56(7,8)9)33-46(35-44)62-45-25-26-48-47-21-15-16-22-49(47)61(52(48)36-45)53-34-39(27-28-58-53)57(10,11)38-19-13-12-14-20-38;;/h12-34,37H,1-11H3;;/q-3;;. The van der Waals surface area contributed by atoms with Crippen LogP contribution in [0.2, 0.25) is 0 Å². The summed E-state index contributed by atoms with van der Waals surface area (Å²) in [7, 11) is 0. The molecule has 0 N–H and O–H groups in total. The zero-order valence-corrected chi connectivity index (χ0v) is 43.2. The van der Waals surface area contributed by atoms with Gasteiger partial charge in [-0.2, -0.15) is 6.07 Å². The Hall–Kier alpha value is -4.95. The minimum absolute atomic E-state index is 0. The minimum Gasteiger partial charge on any atom is -0.509 e. The molecule has 0 aliphatic carbocycles. The first-order valence-electron chi connectivity index (χ1n) is 21.8. The van der Waals surface area contributed by atoms with E-state index in [2.05, 4.69) is 237 Å². The molecule has 1 aliphatic heterocycles. The quantitative estimate of drug-likeness (QED) is 0.149. The topological polar surface area (TPSA) is 33.5 Å². The summed E-state index contributed by atoms with van der Waals surface area (Å²) in [5, 5.41) is 2.22. The number of benzene rings is 6. The second kappa shape index (κ2) is 17.4. The van der Waals surface area contributed by atoms with Crippen LogP contribution in [0.25, 0.3) is 27.6 Å². The van der Waals surface area contributed by atoms with Gasteiger partial charge >= 0.3 is 0 Å². The van der Waals surface area contributed by atoms with Gasteiger partial charge in [0.15, 0.2) is 0 Å². The molecule has 7 heteroatoms. The molecule has 0 saturated carbocycles. The molecule has 1 aliphatic rings. The van der Waals surface area contributed by atoms with Crippen LogP contribution in [0.1, 0.15) is 104 Å². The molecule has 0 unspecified atom stereocenters. The van der Waals surface area contributed by atoms with E-state index in [1.807, 2.05) is 12.3 Å². The first-order chi connectivity index (χ1) is 29.4. The van der Waals surface area contributed by atoms with Crippen molar-refractivity contribution in [2.45, 2.75) is 97.8 Å². The molecule has 334 valence electrons. The minimum atomic E-state index is -0.225. The van der Waals surface area contributed by atoms with E-state index < -0.39 is 0 Å². The van der Waals surface area contributed by atoms with Gasteiger partial charge in [0.05, 0.1) is 0 Å². The molecular formula is C57H57N4OPt2-3. The number of pyridine rings is 1. The van der Waals surface area contributed by atoms with E-state index in [-0.39, 0.29) is 63.8 Å². The van der Waals surface area contributed by atoms with Crippen molar-refractivity contribution in [1.82, 2.24) is 9.55 Å². The summed E-state index contributed by atoms with van der Waals surface area (Å²) in [6.07, 6.45) is 1.92. The van der Waals surface area contributed by atoms with Crippen LogP contribution >= 0.6 is 0 Å². The van der Waals surface area contributed by atoms with Crippen LogP contribution in [0.3, 0.4) is 0 Å². The number of nitrogens with zero attached hydrogens (tertiary/aromatic N) is 4. The van der Waals surface area contributed by atoms with Crippen LogP contribution in [-0.2, 0) is 63.8 Å². The van der Waals surface area contributed by atoms with Crippen molar-refractivity contribution in [2.24, 2.45) is 0 Å². The van der Waals surface area contributed by atoms with Gasteiger partial charge in [0, 0.05) is 87.8 Å².